The van der Waals surface area contributed by atoms with Crippen molar-refractivity contribution in [2.24, 2.45) is 11.8 Å². The fourth-order valence-corrected chi connectivity index (χ4v) is 2.66. The molecular formula is C16H30N2O3. The van der Waals surface area contributed by atoms with Crippen LogP contribution in [0.2, 0.25) is 0 Å². The van der Waals surface area contributed by atoms with E-state index in [1.807, 2.05) is 20.8 Å². The second-order valence-electron chi connectivity index (χ2n) is 6.25. The molecule has 0 bridgehead atoms. The summed E-state index contributed by atoms with van der Waals surface area (Å²) in [5.74, 6) is 0.527. The van der Waals surface area contributed by atoms with Crippen molar-refractivity contribution in [2.45, 2.75) is 59.5 Å². The molecule has 0 aliphatic carbocycles. The maximum Gasteiger partial charge on any atom is 0.246 e. The summed E-state index contributed by atoms with van der Waals surface area (Å²) in [5.41, 5.74) is 0. The van der Waals surface area contributed by atoms with E-state index < -0.39 is 6.04 Å². The quantitative estimate of drug-likeness (QED) is 0.695. The van der Waals surface area contributed by atoms with E-state index in [1.165, 1.54) is 0 Å². The second-order valence-corrected chi connectivity index (χ2v) is 6.25. The first kappa shape index (κ1) is 18.0. The molecule has 0 saturated carbocycles. The topological polar surface area (TPSA) is 58.6 Å². The lowest BCUT2D eigenvalue weighted by molar-refractivity contribution is -0.152. The summed E-state index contributed by atoms with van der Waals surface area (Å²) in [6.45, 7) is 11.7. The lowest BCUT2D eigenvalue weighted by atomic mass is 9.91. The first-order chi connectivity index (χ1) is 9.92. The number of nitrogens with one attached hydrogen (secondary N) is 1. The van der Waals surface area contributed by atoms with Gasteiger partial charge in [0.2, 0.25) is 11.8 Å². The zero-order valence-electron chi connectivity index (χ0n) is 14.0. The van der Waals surface area contributed by atoms with Gasteiger partial charge in [0.05, 0.1) is 6.61 Å². The average molecular weight is 298 g/mol. The number of hydrogen-bond donors (Lipinski definition) is 1. The van der Waals surface area contributed by atoms with Crippen LogP contribution in [-0.4, -0.2) is 48.6 Å². The molecule has 3 unspecified atom stereocenters. The summed E-state index contributed by atoms with van der Waals surface area (Å²) in [6, 6.07) is -0.759. The number of carbonyl (C=O) groups excluding carboxylic acids is 2. The van der Waals surface area contributed by atoms with Crippen LogP contribution in [0.15, 0.2) is 0 Å². The molecule has 2 amide bonds. The van der Waals surface area contributed by atoms with Crippen molar-refractivity contribution in [1.82, 2.24) is 10.2 Å². The van der Waals surface area contributed by atoms with E-state index >= 15 is 0 Å². The Labute approximate surface area is 128 Å². The van der Waals surface area contributed by atoms with Crippen LogP contribution in [0.5, 0.6) is 0 Å². The van der Waals surface area contributed by atoms with Crippen molar-refractivity contribution in [1.29, 1.82) is 0 Å². The summed E-state index contributed by atoms with van der Waals surface area (Å²) in [5, 5.41) is 2.92. The minimum atomic E-state index is -0.396. The monoisotopic (exact) mass is 298 g/mol. The molecule has 0 aromatic rings. The van der Waals surface area contributed by atoms with Crippen LogP contribution in [0.1, 0.15) is 47.5 Å². The van der Waals surface area contributed by atoms with Crippen molar-refractivity contribution in [2.75, 3.05) is 19.8 Å². The average Bonchev–Trinajstić information content (AvgIpc) is 2.44. The van der Waals surface area contributed by atoms with Gasteiger partial charge in [-0.1, -0.05) is 34.1 Å². The van der Waals surface area contributed by atoms with Crippen LogP contribution >= 0.6 is 0 Å². The normalized spacial score (nSPS) is 24.4. The van der Waals surface area contributed by atoms with Gasteiger partial charge in [-0.05, 0) is 25.2 Å². The maximum atomic E-state index is 12.7. The van der Waals surface area contributed by atoms with Crippen molar-refractivity contribution in [3.63, 3.8) is 0 Å². The van der Waals surface area contributed by atoms with Gasteiger partial charge < -0.3 is 15.0 Å². The summed E-state index contributed by atoms with van der Waals surface area (Å²) < 4.78 is 5.37. The molecule has 1 aliphatic rings. The van der Waals surface area contributed by atoms with E-state index in [-0.39, 0.29) is 23.8 Å². The number of amides is 2. The molecule has 21 heavy (non-hydrogen) atoms. The second kappa shape index (κ2) is 8.37. The SMILES string of the molecule is CCOCCN1C(=O)C(C(C)CC)NC(=O)C1CC(C)C. The predicted molar refractivity (Wildman–Crippen MR) is 82.8 cm³/mol. The van der Waals surface area contributed by atoms with Crippen LogP contribution in [-0.2, 0) is 14.3 Å². The lowest BCUT2D eigenvalue weighted by Gasteiger charge is -2.41. The molecule has 3 atom stereocenters. The van der Waals surface area contributed by atoms with Crippen LogP contribution in [0.25, 0.3) is 0 Å². The van der Waals surface area contributed by atoms with Gasteiger partial charge in [-0.3, -0.25) is 9.59 Å². The molecule has 0 radical (unpaired) electrons. The number of rotatable bonds is 8. The Kier molecular flexibility index (Phi) is 7.15. The van der Waals surface area contributed by atoms with Crippen molar-refractivity contribution >= 4 is 11.8 Å². The van der Waals surface area contributed by atoms with E-state index in [0.717, 1.165) is 6.42 Å². The Bertz CT molecular complexity index is 357. The van der Waals surface area contributed by atoms with E-state index in [9.17, 15) is 9.59 Å². The van der Waals surface area contributed by atoms with Gasteiger partial charge in [0, 0.05) is 13.2 Å². The summed E-state index contributed by atoms with van der Waals surface area (Å²) in [6.07, 6.45) is 1.56. The van der Waals surface area contributed by atoms with Crippen molar-refractivity contribution < 1.29 is 14.3 Å². The molecule has 5 nitrogen and oxygen atoms in total. The molecule has 1 aliphatic heterocycles. The molecular weight excluding hydrogens is 268 g/mol. The third-order valence-corrected chi connectivity index (χ3v) is 4.11. The first-order valence-corrected chi connectivity index (χ1v) is 8.10. The fraction of sp³-hybridized carbons (Fsp3) is 0.875. The molecule has 1 fully saturated rings. The molecule has 1 heterocycles. The zero-order valence-corrected chi connectivity index (χ0v) is 14.0. The summed E-state index contributed by atoms with van der Waals surface area (Å²) >= 11 is 0. The highest BCUT2D eigenvalue weighted by Gasteiger charge is 2.41. The van der Waals surface area contributed by atoms with Crippen LogP contribution in [0, 0.1) is 11.8 Å². The van der Waals surface area contributed by atoms with E-state index in [2.05, 4.69) is 19.2 Å². The highest BCUT2D eigenvalue weighted by Crippen LogP contribution is 2.21. The van der Waals surface area contributed by atoms with Gasteiger partial charge in [-0.15, -0.1) is 0 Å². The minimum absolute atomic E-state index is 0.0231. The fourth-order valence-electron chi connectivity index (χ4n) is 2.66. The van der Waals surface area contributed by atoms with E-state index in [1.54, 1.807) is 4.90 Å². The number of hydrogen-bond acceptors (Lipinski definition) is 3. The number of ether oxygens (including phenoxy) is 1. The molecule has 0 aromatic carbocycles. The predicted octanol–water partition coefficient (Wildman–Crippen LogP) is 1.81. The smallest absolute Gasteiger partial charge is 0.246 e. The number of nitrogens with zero attached hydrogens (tertiary/aromatic N) is 1. The molecule has 1 N–H and O–H groups in total. The Hall–Kier alpha value is -1.10. The van der Waals surface area contributed by atoms with Crippen LogP contribution < -0.4 is 5.32 Å². The first-order valence-electron chi connectivity index (χ1n) is 8.10. The van der Waals surface area contributed by atoms with Gasteiger partial charge in [-0.2, -0.15) is 0 Å². The lowest BCUT2D eigenvalue weighted by Crippen LogP contribution is -2.65. The van der Waals surface area contributed by atoms with E-state index in [0.29, 0.717) is 32.1 Å². The van der Waals surface area contributed by atoms with Gasteiger partial charge in [0.1, 0.15) is 12.1 Å². The number of piperazine rings is 1. The Morgan fingerprint density at radius 2 is 1.90 bits per heavy atom. The minimum Gasteiger partial charge on any atom is -0.380 e. The molecule has 0 aromatic heterocycles. The molecule has 1 rings (SSSR count). The largest absolute Gasteiger partial charge is 0.380 e. The van der Waals surface area contributed by atoms with Crippen molar-refractivity contribution in [3.8, 4) is 0 Å². The standard InChI is InChI=1S/C16H30N2O3/c1-6-12(5)14-16(20)18(8-9-21-7-2)13(10-11(3)4)15(19)17-14/h11-14H,6-10H2,1-5H3,(H,17,19). The molecule has 0 spiro atoms. The van der Waals surface area contributed by atoms with Gasteiger partial charge in [0.15, 0.2) is 0 Å². The molecule has 1 saturated heterocycles. The van der Waals surface area contributed by atoms with E-state index in [4.69, 9.17) is 4.74 Å². The highest BCUT2D eigenvalue weighted by molar-refractivity contribution is 5.97. The maximum absolute atomic E-state index is 12.7. The Morgan fingerprint density at radius 3 is 2.43 bits per heavy atom. The van der Waals surface area contributed by atoms with Gasteiger partial charge in [-0.25, -0.2) is 0 Å². The Balaban J connectivity index is 2.88. The molecule has 5 heteroatoms. The van der Waals surface area contributed by atoms with Gasteiger partial charge in [0.25, 0.3) is 0 Å². The van der Waals surface area contributed by atoms with Crippen LogP contribution in [0.4, 0.5) is 0 Å². The van der Waals surface area contributed by atoms with Gasteiger partial charge >= 0.3 is 0 Å². The summed E-state index contributed by atoms with van der Waals surface area (Å²) in [4.78, 5) is 26.8. The molecule has 122 valence electrons. The third-order valence-electron chi connectivity index (χ3n) is 4.11. The Morgan fingerprint density at radius 1 is 1.24 bits per heavy atom. The zero-order chi connectivity index (χ0) is 16.0. The highest BCUT2D eigenvalue weighted by atomic mass is 16.5. The summed E-state index contributed by atoms with van der Waals surface area (Å²) in [7, 11) is 0. The third kappa shape index (κ3) is 4.70. The number of carbonyl (C=O) groups is 2. The van der Waals surface area contributed by atoms with Crippen LogP contribution in [0.3, 0.4) is 0 Å². The van der Waals surface area contributed by atoms with Crippen molar-refractivity contribution in [3.05, 3.63) is 0 Å².